The normalized spacial score (nSPS) is 10.5. The number of amides is 1. The molecule has 0 fully saturated rings. The van der Waals surface area contributed by atoms with Crippen molar-refractivity contribution in [1.82, 2.24) is 0 Å². The average Bonchev–Trinajstić information content (AvgIpc) is 2.44. The van der Waals surface area contributed by atoms with Gasteiger partial charge in [0.2, 0.25) is 5.91 Å². The molecule has 1 aromatic carbocycles. The van der Waals surface area contributed by atoms with Gasteiger partial charge in [-0.1, -0.05) is 6.92 Å². The number of nitrogens with two attached hydrogens (primary N) is 1. The minimum absolute atomic E-state index is 0.00483. The molecule has 1 amide bonds. The van der Waals surface area contributed by atoms with E-state index in [0.717, 1.165) is 17.1 Å². The number of carbonyl (C=O) groups excluding carboxylic acids is 1. The lowest BCUT2D eigenvalue weighted by Crippen LogP contribution is -2.20. The molecule has 0 saturated carbocycles. The molecule has 20 heavy (non-hydrogen) atoms. The van der Waals surface area contributed by atoms with Gasteiger partial charge in [-0.25, -0.2) is 0 Å². The number of benzene rings is 1. The fourth-order valence-electron chi connectivity index (χ4n) is 1.45. The first-order chi connectivity index (χ1) is 9.67. The van der Waals surface area contributed by atoms with Gasteiger partial charge in [-0.3, -0.25) is 4.79 Å². The molecule has 3 N–H and O–H groups in total. The molecule has 0 aliphatic rings. The highest BCUT2D eigenvalue weighted by molar-refractivity contribution is 7.99. The molecule has 0 radical (unpaired) electrons. The first-order valence-electron chi connectivity index (χ1n) is 6.56. The van der Waals surface area contributed by atoms with E-state index in [1.165, 1.54) is 0 Å². The van der Waals surface area contributed by atoms with Crippen LogP contribution >= 0.6 is 11.8 Å². The van der Waals surface area contributed by atoms with Gasteiger partial charge in [0.15, 0.2) is 0 Å². The van der Waals surface area contributed by atoms with Gasteiger partial charge in [-0.05, 0) is 30.4 Å². The maximum absolute atomic E-state index is 11.7. The summed E-state index contributed by atoms with van der Waals surface area (Å²) in [6, 6.07) is 5.66. The molecule has 6 heteroatoms. The number of hydrogen-bond donors (Lipinski definition) is 2. The van der Waals surface area contributed by atoms with Gasteiger partial charge in [0.1, 0.15) is 6.61 Å². The van der Waals surface area contributed by atoms with Crippen molar-refractivity contribution < 1.29 is 14.3 Å². The van der Waals surface area contributed by atoms with E-state index in [0.29, 0.717) is 24.6 Å². The van der Waals surface area contributed by atoms with Crippen LogP contribution < -0.4 is 11.1 Å². The van der Waals surface area contributed by atoms with Crippen molar-refractivity contribution in [3.63, 3.8) is 0 Å². The Kier molecular flexibility index (Phi) is 8.10. The van der Waals surface area contributed by atoms with Crippen LogP contribution in [0.25, 0.3) is 0 Å². The van der Waals surface area contributed by atoms with Gasteiger partial charge in [-0.15, -0.1) is 11.8 Å². The van der Waals surface area contributed by atoms with E-state index in [2.05, 4.69) is 12.2 Å². The monoisotopic (exact) mass is 298 g/mol. The quantitative estimate of drug-likeness (QED) is 0.416. The fraction of sp³-hybridized carbons (Fsp3) is 0.500. The van der Waals surface area contributed by atoms with Crippen molar-refractivity contribution >= 4 is 29.0 Å². The zero-order valence-corrected chi connectivity index (χ0v) is 12.8. The number of hydrogen-bond acceptors (Lipinski definition) is 5. The molecule has 0 heterocycles. The van der Waals surface area contributed by atoms with Crippen LogP contribution in [0.5, 0.6) is 0 Å². The molecule has 0 aliphatic heterocycles. The molecule has 112 valence electrons. The summed E-state index contributed by atoms with van der Waals surface area (Å²) in [5.74, 6) is 0.822. The van der Waals surface area contributed by atoms with E-state index in [1.807, 2.05) is 12.1 Å². The third-order valence-corrected chi connectivity index (χ3v) is 3.64. The Labute approximate surface area is 124 Å². The second-order valence-electron chi connectivity index (χ2n) is 4.19. The van der Waals surface area contributed by atoms with E-state index in [-0.39, 0.29) is 12.5 Å². The number of rotatable bonds is 9. The molecule has 0 saturated heterocycles. The van der Waals surface area contributed by atoms with Crippen molar-refractivity contribution in [3.05, 3.63) is 18.2 Å². The van der Waals surface area contributed by atoms with E-state index in [4.69, 9.17) is 15.2 Å². The van der Waals surface area contributed by atoms with Crippen LogP contribution in [0, 0.1) is 0 Å². The predicted octanol–water partition coefficient (Wildman–Crippen LogP) is 2.37. The Morgan fingerprint density at radius 3 is 2.90 bits per heavy atom. The van der Waals surface area contributed by atoms with Gasteiger partial charge < -0.3 is 20.5 Å². The molecule has 0 spiro atoms. The standard InChI is InChI=1S/C14H22N2O3S/c1-3-8-20-11-4-5-12(15)13(9-11)16-14(17)10-19-7-6-18-2/h4-5,9H,3,6-8,10,15H2,1-2H3,(H,16,17). The van der Waals surface area contributed by atoms with Gasteiger partial charge in [0, 0.05) is 12.0 Å². The minimum atomic E-state index is -0.217. The molecule has 1 rings (SSSR count). The van der Waals surface area contributed by atoms with Crippen molar-refractivity contribution in [2.75, 3.05) is 43.7 Å². The number of methoxy groups -OCH3 is 1. The van der Waals surface area contributed by atoms with Crippen LogP contribution in [0.3, 0.4) is 0 Å². The summed E-state index contributed by atoms with van der Waals surface area (Å²) >= 11 is 1.74. The summed E-state index contributed by atoms with van der Waals surface area (Å²) in [6.45, 7) is 2.99. The predicted molar refractivity (Wildman–Crippen MR) is 83.2 cm³/mol. The highest BCUT2D eigenvalue weighted by Gasteiger charge is 2.07. The number of nitrogens with one attached hydrogen (secondary N) is 1. The van der Waals surface area contributed by atoms with Gasteiger partial charge in [-0.2, -0.15) is 0 Å². The van der Waals surface area contributed by atoms with Crippen molar-refractivity contribution in [2.24, 2.45) is 0 Å². The number of anilines is 2. The number of carbonyl (C=O) groups is 1. The van der Waals surface area contributed by atoms with Crippen LogP contribution in [0.15, 0.2) is 23.1 Å². The summed E-state index contributed by atoms with van der Waals surface area (Å²) in [6.07, 6.45) is 1.10. The zero-order valence-electron chi connectivity index (χ0n) is 12.0. The van der Waals surface area contributed by atoms with E-state index in [9.17, 15) is 4.79 Å². The second kappa shape index (κ2) is 9.63. The Morgan fingerprint density at radius 2 is 2.20 bits per heavy atom. The molecule has 1 aromatic rings. The Morgan fingerprint density at radius 1 is 1.40 bits per heavy atom. The second-order valence-corrected chi connectivity index (χ2v) is 5.36. The number of thioether (sulfide) groups is 1. The van der Waals surface area contributed by atoms with Gasteiger partial charge in [0.25, 0.3) is 0 Å². The van der Waals surface area contributed by atoms with Crippen molar-refractivity contribution in [3.8, 4) is 0 Å². The zero-order chi connectivity index (χ0) is 14.8. The first-order valence-corrected chi connectivity index (χ1v) is 7.54. The third kappa shape index (κ3) is 6.27. The molecule has 0 unspecified atom stereocenters. The molecule has 0 aliphatic carbocycles. The van der Waals surface area contributed by atoms with Gasteiger partial charge >= 0.3 is 0 Å². The fourth-order valence-corrected chi connectivity index (χ4v) is 2.25. The van der Waals surface area contributed by atoms with Crippen molar-refractivity contribution in [2.45, 2.75) is 18.2 Å². The topological polar surface area (TPSA) is 73.6 Å². The summed E-state index contributed by atoms with van der Waals surface area (Å²) in [5, 5.41) is 2.76. The lowest BCUT2D eigenvalue weighted by atomic mass is 10.2. The highest BCUT2D eigenvalue weighted by atomic mass is 32.2. The number of nitrogen functional groups attached to an aromatic ring is 1. The smallest absolute Gasteiger partial charge is 0.250 e. The lowest BCUT2D eigenvalue weighted by Gasteiger charge is -2.10. The molecular weight excluding hydrogens is 276 g/mol. The Balaban J connectivity index is 2.50. The molecule has 0 bridgehead atoms. The largest absolute Gasteiger partial charge is 0.397 e. The van der Waals surface area contributed by atoms with Crippen LogP contribution in [0.1, 0.15) is 13.3 Å². The molecule has 0 aromatic heterocycles. The minimum Gasteiger partial charge on any atom is -0.397 e. The SMILES string of the molecule is CCCSc1ccc(N)c(NC(=O)COCCOC)c1. The van der Waals surface area contributed by atoms with E-state index >= 15 is 0 Å². The van der Waals surface area contributed by atoms with Crippen LogP contribution in [-0.2, 0) is 14.3 Å². The lowest BCUT2D eigenvalue weighted by molar-refractivity contribution is -0.121. The summed E-state index contributed by atoms with van der Waals surface area (Å²) < 4.78 is 9.99. The van der Waals surface area contributed by atoms with E-state index in [1.54, 1.807) is 24.9 Å². The molecular formula is C14H22N2O3S. The summed E-state index contributed by atoms with van der Waals surface area (Å²) in [7, 11) is 1.59. The Bertz CT molecular complexity index is 427. The van der Waals surface area contributed by atoms with Crippen molar-refractivity contribution in [1.29, 1.82) is 0 Å². The average molecular weight is 298 g/mol. The Hall–Kier alpha value is -1.24. The van der Waals surface area contributed by atoms with Crippen LogP contribution in [0.2, 0.25) is 0 Å². The van der Waals surface area contributed by atoms with Crippen LogP contribution in [-0.4, -0.2) is 38.6 Å². The third-order valence-electron chi connectivity index (χ3n) is 2.44. The highest BCUT2D eigenvalue weighted by Crippen LogP contribution is 2.26. The maximum Gasteiger partial charge on any atom is 0.250 e. The number of ether oxygens (including phenoxy) is 2. The first kappa shape index (κ1) is 16.8. The molecule has 5 nitrogen and oxygen atoms in total. The molecule has 0 atom stereocenters. The maximum atomic E-state index is 11.7. The van der Waals surface area contributed by atoms with Gasteiger partial charge in [0.05, 0.1) is 24.6 Å². The summed E-state index contributed by atoms with van der Waals surface area (Å²) in [5.41, 5.74) is 7.04. The summed E-state index contributed by atoms with van der Waals surface area (Å²) in [4.78, 5) is 12.8. The van der Waals surface area contributed by atoms with Crippen LogP contribution in [0.4, 0.5) is 11.4 Å². The van der Waals surface area contributed by atoms with E-state index < -0.39 is 0 Å².